The maximum Gasteiger partial charge on any atom is 0.116 e. The van der Waals surface area contributed by atoms with Crippen molar-refractivity contribution in [2.45, 2.75) is 25.8 Å². The van der Waals surface area contributed by atoms with Crippen LogP contribution in [0.15, 0.2) is 36.7 Å². The third kappa shape index (κ3) is 3.00. The second-order valence-electron chi connectivity index (χ2n) is 5.39. The molecule has 0 saturated carbocycles. The molecule has 3 nitrogen and oxygen atoms in total. The average Bonchev–Trinajstić information content (AvgIpc) is 2.47. The molecule has 1 aliphatic heterocycles. The molecule has 1 fully saturated rings. The van der Waals surface area contributed by atoms with Crippen molar-refractivity contribution in [2.75, 3.05) is 6.54 Å². The Balaban J connectivity index is 1.89. The highest BCUT2D eigenvalue weighted by Gasteiger charge is 2.22. The van der Waals surface area contributed by atoms with Crippen LogP contribution in [0.5, 0.6) is 0 Å². The standard InChI is InChI=1S/C16H17ClN3/c1-11-5-6-18-15(7-11)16-9-14(19-10-20-16)12-3-2-4-13(17)8-12/h2-4,8-11,15H,5-7H2,1H3. The summed E-state index contributed by atoms with van der Waals surface area (Å²) in [5.41, 5.74) is 2.94. The van der Waals surface area contributed by atoms with Gasteiger partial charge in [-0.3, -0.25) is 0 Å². The normalized spacial score (nSPS) is 22.7. The summed E-state index contributed by atoms with van der Waals surface area (Å²) in [5.74, 6) is 0.710. The lowest BCUT2D eigenvalue weighted by molar-refractivity contribution is 0.314. The number of nitrogens with zero attached hydrogens (tertiary/aromatic N) is 3. The van der Waals surface area contributed by atoms with Crippen molar-refractivity contribution in [3.63, 3.8) is 0 Å². The van der Waals surface area contributed by atoms with E-state index in [-0.39, 0.29) is 6.04 Å². The average molecular weight is 287 g/mol. The van der Waals surface area contributed by atoms with Crippen LogP contribution in [0.1, 0.15) is 31.5 Å². The smallest absolute Gasteiger partial charge is 0.116 e. The van der Waals surface area contributed by atoms with Crippen LogP contribution in [0.4, 0.5) is 0 Å². The van der Waals surface area contributed by atoms with E-state index in [0.717, 1.165) is 34.9 Å². The fourth-order valence-corrected chi connectivity index (χ4v) is 2.79. The molecule has 2 aromatic rings. The van der Waals surface area contributed by atoms with Crippen LogP contribution in [0.25, 0.3) is 11.3 Å². The predicted molar refractivity (Wildman–Crippen MR) is 80.6 cm³/mol. The van der Waals surface area contributed by atoms with Gasteiger partial charge in [-0.15, -0.1) is 0 Å². The Kier molecular flexibility index (Phi) is 3.99. The molecule has 4 heteroatoms. The number of hydrogen-bond donors (Lipinski definition) is 0. The number of piperidine rings is 1. The van der Waals surface area contributed by atoms with Gasteiger partial charge in [0.1, 0.15) is 6.33 Å². The van der Waals surface area contributed by atoms with Gasteiger partial charge in [-0.25, -0.2) is 15.3 Å². The van der Waals surface area contributed by atoms with Gasteiger partial charge in [0, 0.05) is 17.1 Å². The van der Waals surface area contributed by atoms with E-state index in [2.05, 4.69) is 22.2 Å². The molecule has 0 N–H and O–H groups in total. The first-order valence-electron chi connectivity index (χ1n) is 6.97. The van der Waals surface area contributed by atoms with Crippen LogP contribution in [-0.4, -0.2) is 16.5 Å². The summed E-state index contributed by atoms with van der Waals surface area (Å²) in [4.78, 5) is 8.76. The zero-order valence-electron chi connectivity index (χ0n) is 11.5. The molecule has 0 amide bonds. The van der Waals surface area contributed by atoms with Crippen molar-refractivity contribution in [2.24, 2.45) is 5.92 Å². The van der Waals surface area contributed by atoms with Gasteiger partial charge in [0.15, 0.2) is 0 Å². The Morgan fingerprint density at radius 2 is 2.10 bits per heavy atom. The number of rotatable bonds is 2. The maximum atomic E-state index is 6.04. The van der Waals surface area contributed by atoms with Gasteiger partial charge in [-0.05, 0) is 37.0 Å². The molecule has 2 unspecified atom stereocenters. The molecular formula is C16H17ClN3. The van der Waals surface area contributed by atoms with E-state index in [1.165, 1.54) is 6.42 Å². The summed E-state index contributed by atoms with van der Waals surface area (Å²) in [6, 6.07) is 9.99. The van der Waals surface area contributed by atoms with Gasteiger partial charge in [0.05, 0.1) is 17.4 Å². The van der Waals surface area contributed by atoms with Gasteiger partial charge < -0.3 is 0 Å². The molecule has 0 spiro atoms. The van der Waals surface area contributed by atoms with Crippen LogP contribution >= 0.6 is 11.6 Å². The van der Waals surface area contributed by atoms with Crippen LogP contribution in [0, 0.1) is 5.92 Å². The van der Waals surface area contributed by atoms with Crippen molar-refractivity contribution in [3.8, 4) is 11.3 Å². The zero-order chi connectivity index (χ0) is 13.9. The minimum absolute atomic E-state index is 0.208. The van der Waals surface area contributed by atoms with Gasteiger partial charge in [-0.1, -0.05) is 30.7 Å². The quantitative estimate of drug-likeness (QED) is 0.841. The van der Waals surface area contributed by atoms with E-state index >= 15 is 0 Å². The van der Waals surface area contributed by atoms with Crippen LogP contribution in [0.2, 0.25) is 5.02 Å². The molecule has 1 aliphatic rings. The Morgan fingerprint density at radius 1 is 1.20 bits per heavy atom. The van der Waals surface area contributed by atoms with Crippen molar-refractivity contribution in [1.29, 1.82) is 0 Å². The van der Waals surface area contributed by atoms with Crippen molar-refractivity contribution < 1.29 is 0 Å². The number of hydrogen-bond acceptors (Lipinski definition) is 2. The summed E-state index contributed by atoms with van der Waals surface area (Å²) in [7, 11) is 0. The Labute approximate surface area is 124 Å². The Bertz CT molecular complexity index is 600. The lowest BCUT2D eigenvalue weighted by Crippen LogP contribution is -2.25. The third-order valence-corrected chi connectivity index (χ3v) is 3.98. The summed E-state index contributed by atoms with van der Waals surface area (Å²) in [6.07, 6.45) is 3.88. The molecule has 1 aromatic heterocycles. The largest absolute Gasteiger partial charge is 0.240 e. The maximum absolute atomic E-state index is 6.04. The molecule has 3 rings (SSSR count). The number of halogens is 1. The second kappa shape index (κ2) is 5.90. The Morgan fingerprint density at radius 3 is 2.90 bits per heavy atom. The predicted octanol–water partition coefficient (Wildman–Crippen LogP) is 3.87. The lowest BCUT2D eigenvalue weighted by atomic mass is 9.92. The highest BCUT2D eigenvalue weighted by molar-refractivity contribution is 6.30. The zero-order valence-corrected chi connectivity index (χ0v) is 12.2. The number of benzene rings is 1. The minimum Gasteiger partial charge on any atom is -0.240 e. The fourth-order valence-electron chi connectivity index (χ4n) is 2.60. The Hall–Kier alpha value is -1.45. The molecule has 2 atom stereocenters. The first-order valence-corrected chi connectivity index (χ1v) is 7.34. The van der Waals surface area contributed by atoms with Crippen LogP contribution in [-0.2, 0) is 0 Å². The summed E-state index contributed by atoms with van der Waals surface area (Å²) in [6.45, 7) is 3.21. The SMILES string of the molecule is CC1CC[N]C(c2cc(-c3cccc(Cl)c3)ncn2)C1. The van der Waals surface area contributed by atoms with Crippen molar-refractivity contribution in [3.05, 3.63) is 47.4 Å². The molecular weight excluding hydrogens is 270 g/mol. The van der Waals surface area contributed by atoms with Crippen LogP contribution in [0.3, 0.4) is 0 Å². The second-order valence-corrected chi connectivity index (χ2v) is 5.83. The first kappa shape index (κ1) is 13.5. The summed E-state index contributed by atoms with van der Waals surface area (Å²) >= 11 is 6.04. The lowest BCUT2D eigenvalue weighted by Gasteiger charge is -2.26. The third-order valence-electron chi connectivity index (χ3n) is 3.75. The summed E-state index contributed by atoms with van der Waals surface area (Å²) in [5, 5.41) is 5.41. The van der Waals surface area contributed by atoms with Crippen molar-refractivity contribution in [1.82, 2.24) is 15.3 Å². The first-order chi connectivity index (χ1) is 9.72. The molecule has 1 aromatic carbocycles. The van der Waals surface area contributed by atoms with Gasteiger partial charge >= 0.3 is 0 Å². The fraction of sp³-hybridized carbons (Fsp3) is 0.375. The van der Waals surface area contributed by atoms with E-state index in [4.69, 9.17) is 11.6 Å². The highest BCUT2D eigenvalue weighted by Crippen LogP contribution is 2.29. The number of aromatic nitrogens is 2. The van der Waals surface area contributed by atoms with E-state index in [1.807, 2.05) is 30.3 Å². The van der Waals surface area contributed by atoms with Crippen molar-refractivity contribution >= 4 is 11.6 Å². The van der Waals surface area contributed by atoms with Gasteiger partial charge in [0.25, 0.3) is 0 Å². The molecule has 2 heterocycles. The molecule has 1 radical (unpaired) electrons. The summed E-state index contributed by atoms with van der Waals surface area (Å²) < 4.78 is 0. The van der Waals surface area contributed by atoms with E-state index in [0.29, 0.717) is 5.92 Å². The molecule has 0 bridgehead atoms. The molecule has 103 valence electrons. The topological polar surface area (TPSA) is 39.9 Å². The van der Waals surface area contributed by atoms with Gasteiger partial charge in [0.2, 0.25) is 0 Å². The molecule has 1 saturated heterocycles. The van der Waals surface area contributed by atoms with Gasteiger partial charge in [-0.2, -0.15) is 0 Å². The minimum atomic E-state index is 0.208. The van der Waals surface area contributed by atoms with E-state index in [1.54, 1.807) is 6.33 Å². The highest BCUT2D eigenvalue weighted by atomic mass is 35.5. The van der Waals surface area contributed by atoms with E-state index in [9.17, 15) is 0 Å². The molecule has 20 heavy (non-hydrogen) atoms. The molecule has 0 aliphatic carbocycles. The van der Waals surface area contributed by atoms with E-state index < -0.39 is 0 Å². The van der Waals surface area contributed by atoms with Crippen LogP contribution < -0.4 is 5.32 Å². The monoisotopic (exact) mass is 286 g/mol.